The molecule has 0 radical (unpaired) electrons. The van der Waals surface area contributed by atoms with Crippen LogP contribution < -0.4 is 0 Å². The molecule has 0 spiro atoms. The molecule has 0 saturated carbocycles. The molecule has 29 rings (SSSR count). The van der Waals surface area contributed by atoms with E-state index in [0.717, 1.165) is 11.4 Å². The van der Waals surface area contributed by atoms with Gasteiger partial charge in [-0.15, -0.1) is 0 Å². The van der Waals surface area contributed by atoms with E-state index < -0.39 is 0 Å². The van der Waals surface area contributed by atoms with Gasteiger partial charge in [0, 0.05) is 98.8 Å². The topological polar surface area (TPSA) is 29.6 Å². The Kier molecular flexibility index (Phi) is 20.2. The molecule has 0 atom stereocenters. The summed E-state index contributed by atoms with van der Waals surface area (Å²) in [6.45, 7) is 0. The van der Waals surface area contributed by atoms with Crippen molar-refractivity contribution in [3.63, 3.8) is 0 Å². The summed E-state index contributed by atoms with van der Waals surface area (Å²) in [5.41, 5.74) is 38.7. The maximum atomic E-state index is 2.40. The summed E-state index contributed by atoms with van der Waals surface area (Å²) in [5, 5.41) is 17.6. The van der Waals surface area contributed by atoms with Crippen molar-refractivity contribution in [2.75, 3.05) is 0 Å². The highest BCUT2D eigenvalue weighted by Crippen LogP contribution is 2.46. The summed E-state index contributed by atoms with van der Waals surface area (Å²) in [6, 6.07) is 198. The van der Waals surface area contributed by atoms with Crippen molar-refractivity contribution in [3.8, 4) is 112 Å². The third kappa shape index (κ3) is 14.3. The summed E-state index contributed by atoms with van der Waals surface area (Å²) in [6.07, 6.45) is 0. The van der Waals surface area contributed by atoms with Crippen LogP contribution in [0.2, 0.25) is 0 Å². The normalized spacial score (nSPS) is 11.7. The molecule has 0 N–H and O–H groups in total. The van der Waals surface area contributed by atoms with E-state index >= 15 is 0 Å². The lowest BCUT2D eigenvalue weighted by molar-refractivity contribution is 1.18. The zero-order valence-corrected chi connectivity index (χ0v) is 77.6. The van der Waals surface area contributed by atoms with E-state index in [9.17, 15) is 0 Å². The Labute approximate surface area is 821 Å². The van der Waals surface area contributed by atoms with E-state index in [-0.39, 0.29) is 0 Å². The number of nitrogens with zero attached hydrogens (tertiary/aromatic N) is 6. The van der Waals surface area contributed by atoms with Crippen LogP contribution in [-0.2, 0) is 0 Å². The molecule has 142 heavy (non-hydrogen) atoms. The van der Waals surface area contributed by atoms with Gasteiger partial charge in [0.2, 0.25) is 0 Å². The van der Waals surface area contributed by atoms with Crippen molar-refractivity contribution in [1.29, 1.82) is 0 Å². The molecule has 664 valence electrons. The summed E-state index contributed by atoms with van der Waals surface area (Å²) in [7, 11) is 0. The number of hydrogen-bond donors (Lipinski definition) is 0. The fourth-order valence-corrected chi connectivity index (χ4v) is 22.2. The summed E-state index contributed by atoms with van der Waals surface area (Å²) in [4.78, 5) is 0. The summed E-state index contributed by atoms with van der Waals surface area (Å²) in [5.74, 6) is 0. The first-order valence-corrected chi connectivity index (χ1v) is 48.8. The largest absolute Gasteiger partial charge is 0.309 e. The maximum Gasteiger partial charge on any atom is 0.0541 e. The second kappa shape index (κ2) is 34.7. The molecule has 0 aliphatic carbocycles. The van der Waals surface area contributed by atoms with Crippen LogP contribution in [0.25, 0.3) is 254 Å². The van der Waals surface area contributed by atoms with E-state index in [2.05, 4.69) is 573 Å². The minimum Gasteiger partial charge on any atom is -0.309 e. The zero-order valence-electron chi connectivity index (χ0n) is 77.6. The molecular formula is C136H90N6. The predicted octanol–water partition coefficient (Wildman–Crippen LogP) is 36.5. The van der Waals surface area contributed by atoms with Crippen LogP contribution in [0.5, 0.6) is 0 Å². The average molecular weight is 1810 g/mol. The molecule has 0 unspecified atom stereocenters. The molecule has 0 aliphatic heterocycles. The predicted molar refractivity (Wildman–Crippen MR) is 601 cm³/mol. The summed E-state index contributed by atoms with van der Waals surface area (Å²) < 4.78 is 14.3. The van der Waals surface area contributed by atoms with E-state index in [1.54, 1.807) is 0 Å². The Balaban J connectivity index is 0.000000107. The lowest BCUT2D eigenvalue weighted by Gasteiger charge is -2.11. The van der Waals surface area contributed by atoms with Gasteiger partial charge in [-0.2, -0.15) is 0 Å². The second-order valence-corrected chi connectivity index (χ2v) is 37.0. The van der Waals surface area contributed by atoms with Crippen molar-refractivity contribution < 1.29 is 0 Å². The van der Waals surface area contributed by atoms with E-state index in [1.807, 2.05) is 0 Å². The quantitative estimate of drug-likeness (QED) is 0.110. The van der Waals surface area contributed by atoms with Gasteiger partial charge in [0.1, 0.15) is 0 Å². The molecule has 6 heterocycles. The molecule has 23 aromatic carbocycles. The van der Waals surface area contributed by atoms with E-state index in [0.29, 0.717) is 0 Å². The Hall–Kier alpha value is -18.9. The average Bonchev–Trinajstić information content (AvgIpc) is 1.56. The minimum absolute atomic E-state index is 1.16. The van der Waals surface area contributed by atoms with E-state index in [4.69, 9.17) is 0 Å². The Morgan fingerprint density at radius 2 is 0.261 bits per heavy atom. The van der Waals surface area contributed by atoms with Gasteiger partial charge < -0.3 is 27.4 Å². The van der Waals surface area contributed by atoms with Crippen molar-refractivity contribution in [3.05, 3.63) is 546 Å². The van der Waals surface area contributed by atoms with Gasteiger partial charge in [-0.05, 0) is 283 Å². The fraction of sp³-hybridized carbons (Fsp3) is 0. The van der Waals surface area contributed by atoms with Gasteiger partial charge in [0.25, 0.3) is 0 Å². The van der Waals surface area contributed by atoms with Crippen LogP contribution >= 0.6 is 0 Å². The minimum atomic E-state index is 1.16. The second-order valence-electron chi connectivity index (χ2n) is 37.0. The number of hydrogen-bond acceptors (Lipinski definition) is 0. The first kappa shape index (κ1) is 82.6. The molecule has 6 aromatic heterocycles. The number of fused-ring (bicyclic) bond motifs is 19. The van der Waals surface area contributed by atoms with Gasteiger partial charge in [0.05, 0.1) is 66.2 Å². The summed E-state index contributed by atoms with van der Waals surface area (Å²) >= 11 is 0. The third-order valence-electron chi connectivity index (χ3n) is 28.9. The Bertz CT molecular complexity index is 9930. The smallest absolute Gasteiger partial charge is 0.0541 e. The maximum absolute atomic E-state index is 2.40. The number of para-hydroxylation sites is 8. The number of benzene rings is 23. The molecule has 0 amide bonds. The Morgan fingerprint density at radius 1 is 0.0845 bits per heavy atom. The van der Waals surface area contributed by atoms with Gasteiger partial charge in [-0.25, -0.2) is 0 Å². The molecule has 0 saturated heterocycles. The lowest BCUT2D eigenvalue weighted by Crippen LogP contribution is -1.94. The molecule has 6 heteroatoms. The lowest BCUT2D eigenvalue weighted by atomic mass is 9.99. The van der Waals surface area contributed by atoms with Crippen molar-refractivity contribution in [2.24, 2.45) is 0 Å². The number of rotatable bonds is 13. The van der Waals surface area contributed by atoms with Crippen LogP contribution in [0, 0.1) is 0 Å². The van der Waals surface area contributed by atoms with Gasteiger partial charge >= 0.3 is 0 Å². The van der Waals surface area contributed by atoms with Crippen LogP contribution in [0.3, 0.4) is 0 Å². The highest BCUT2D eigenvalue weighted by Gasteiger charge is 2.23. The Morgan fingerprint density at radius 3 is 0.570 bits per heavy atom. The number of aromatic nitrogens is 6. The first-order chi connectivity index (χ1) is 70.4. The van der Waals surface area contributed by atoms with E-state index in [1.165, 1.54) is 242 Å². The molecule has 0 bridgehead atoms. The van der Waals surface area contributed by atoms with Crippen LogP contribution in [0.4, 0.5) is 0 Å². The monoisotopic (exact) mass is 1810 g/mol. The standard InChI is InChI=1S/C48H32N2.C46H30N2.C42H28N2/c1-4-12-33(13-5-1)35-20-25-40(26-21-35)50-45-19-11-10-18-41(45)42-31-37(23-28-46(42)50)38-24-29-48-44(32-38)43-30-36(34-14-6-2-7-15-34)22-27-47(43)49(48)39-16-8-3-9-17-39;1-2-12-37(13-3-1)47-43-16-8-6-14-39(43)41-29-35(22-26-45(41)47)36-23-27-46-42(30-36)40-15-7-9-17-44(40)48(46)38-24-20-32(21-25-38)34-19-18-31-10-4-5-11-33(31)28-34;1-3-12-29(13-4-1)30-14-11-17-34(26-30)44-40-21-10-8-19-36(40)38-28-32(23-25-42(38)44)31-22-24-41-37(27-31)35-18-7-9-20-39(35)43(41)33-15-5-2-6-16-33/h1-32H;1-30H;1-28H. The third-order valence-corrected chi connectivity index (χ3v) is 28.9. The van der Waals surface area contributed by atoms with Crippen LogP contribution in [-0.4, -0.2) is 27.4 Å². The van der Waals surface area contributed by atoms with Crippen molar-refractivity contribution in [2.45, 2.75) is 0 Å². The highest BCUT2D eigenvalue weighted by atomic mass is 15.0. The van der Waals surface area contributed by atoms with Crippen LogP contribution in [0.15, 0.2) is 546 Å². The fourth-order valence-electron chi connectivity index (χ4n) is 22.2. The molecule has 0 aliphatic rings. The SMILES string of the molecule is c1ccc(-c2ccc(-n3c4ccccc4c4cc(-c5ccc6c(c5)c5cc(-c7ccccc7)ccc5n6-c5ccccc5)ccc43)cc2)cc1.c1ccc(-c2cccc(-n3c4ccccc4c4cc(-c5ccc6c(c5)c5ccccc5n6-c5ccccc5)ccc43)c2)cc1.c1ccc(-n2c3ccccc3c3cc(-c4ccc5c(c4)c4ccccc4n5-c4ccc(-c5ccc6ccccc6c5)cc4)ccc32)cc1. The molecule has 0 fully saturated rings. The molecule has 29 aromatic rings. The first-order valence-electron chi connectivity index (χ1n) is 48.8. The van der Waals surface area contributed by atoms with Crippen molar-refractivity contribution >= 4 is 142 Å². The van der Waals surface area contributed by atoms with Gasteiger partial charge in [-0.1, -0.05) is 352 Å². The van der Waals surface area contributed by atoms with Gasteiger partial charge in [-0.3, -0.25) is 0 Å². The molecular weight excluding hydrogens is 1720 g/mol. The molecule has 6 nitrogen and oxygen atoms in total. The highest BCUT2D eigenvalue weighted by molar-refractivity contribution is 6.18. The van der Waals surface area contributed by atoms with Gasteiger partial charge in [0.15, 0.2) is 0 Å². The van der Waals surface area contributed by atoms with Crippen LogP contribution in [0.1, 0.15) is 0 Å². The zero-order chi connectivity index (χ0) is 93.7. The van der Waals surface area contributed by atoms with Crippen molar-refractivity contribution in [1.82, 2.24) is 27.4 Å².